The van der Waals surface area contributed by atoms with E-state index in [9.17, 15) is 4.79 Å². The van der Waals surface area contributed by atoms with Crippen molar-refractivity contribution >= 4 is 17.6 Å². The Hall–Kier alpha value is -3.42. The smallest absolute Gasteiger partial charge is 0.248 e. The summed E-state index contributed by atoms with van der Waals surface area (Å²) in [6.07, 6.45) is 0.994. The molecule has 1 saturated heterocycles. The average Bonchev–Trinajstić information content (AvgIpc) is 3.25. The van der Waals surface area contributed by atoms with E-state index in [1.165, 1.54) is 0 Å². The molecule has 160 valence electrons. The fourth-order valence-corrected chi connectivity index (χ4v) is 3.45. The normalized spacial score (nSPS) is 16.3. The monoisotopic (exact) mass is 411 g/mol. The number of nitrogens with one attached hydrogen (secondary N) is 2. The molecule has 0 spiro atoms. The van der Waals surface area contributed by atoms with Crippen molar-refractivity contribution in [2.24, 2.45) is 10.7 Å². The topological polar surface area (TPSA) is 101 Å². The number of rotatable bonds is 7. The number of primary amides is 1. The minimum absolute atomic E-state index is 0.269. The standard InChI is InChI=1S/C22H29N5O3/c1-24-22(25-13-15-4-6-16(7-5-15)21(23)28)26-17-8-9-27(14-17)18-10-19(29-2)12-20(11-18)30-3/h4-7,10-12,17H,8-9,13-14H2,1-3H3,(H2,23,28)(H2,24,25,26). The molecule has 0 aromatic heterocycles. The summed E-state index contributed by atoms with van der Waals surface area (Å²) in [6.45, 7) is 2.38. The number of benzene rings is 2. The number of ether oxygens (including phenoxy) is 2. The fraction of sp³-hybridized carbons (Fsp3) is 0.364. The number of hydrogen-bond acceptors (Lipinski definition) is 5. The Bertz CT molecular complexity index is 876. The molecule has 2 aromatic rings. The number of anilines is 1. The van der Waals surface area contributed by atoms with Crippen LogP contribution in [-0.2, 0) is 6.54 Å². The Morgan fingerprint density at radius 3 is 2.40 bits per heavy atom. The van der Waals surface area contributed by atoms with Gasteiger partial charge in [0.25, 0.3) is 0 Å². The molecule has 0 radical (unpaired) electrons. The Labute approximate surface area is 177 Å². The lowest BCUT2D eigenvalue weighted by atomic mass is 10.1. The third kappa shape index (κ3) is 5.34. The summed E-state index contributed by atoms with van der Waals surface area (Å²) in [5, 5.41) is 6.80. The number of amides is 1. The lowest BCUT2D eigenvalue weighted by Crippen LogP contribution is -2.44. The first-order valence-corrected chi connectivity index (χ1v) is 9.86. The number of guanidine groups is 1. The van der Waals surface area contributed by atoms with Crippen molar-refractivity contribution in [3.05, 3.63) is 53.6 Å². The third-order valence-electron chi connectivity index (χ3n) is 5.15. The second-order valence-corrected chi connectivity index (χ2v) is 7.13. The van der Waals surface area contributed by atoms with Gasteiger partial charge < -0.3 is 30.7 Å². The SMILES string of the molecule is CN=C(NCc1ccc(C(N)=O)cc1)NC1CCN(c2cc(OC)cc(OC)c2)C1. The van der Waals surface area contributed by atoms with E-state index in [1.807, 2.05) is 30.3 Å². The van der Waals surface area contributed by atoms with Crippen molar-refractivity contribution in [1.82, 2.24) is 10.6 Å². The van der Waals surface area contributed by atoms with E-state index >= 15 is 0 Å². The molecule has 4 N–H and O–H groups in total. The van der Waals surface area contributed by atoms with E-state index in [-0.39, 0.29) is 6.04 Å². The van der Waals surface area contributed by atoms with Gasteiger partial charge in [-0.15, -0.1) is 0 Å². The van der Waals surface area contributed by atoms with E-state index in [4.69, 9.17) is 15.2 Å². The molecule has 1 unspecified atom stereocenters. The van der Waals surface area contributed by atoms with Gasteiger partial charge in [-0.25, -0.2) is 0 Å². The van der Waals surface area contributed by atoms with Gasteiger partial charge in [0, 0.05) is 62.2 Å². The maximum Gasteiger partial charge on any atom is 0.248 e. The molecule has 8 heteroatoms. The molecule has 2 aromatic carbocycles. The van der Waals surface area contributed by atoms with Gasteiger partial charge in [-0.05, 0) is 24.1 Å². The molecule has 1 heterocycles. The zero-order chi connectivity index (χ0) is 21.5. The van der Waals surface area contributed by atoms with Crippen LogP contribution in [0, 0.1) is 0 Å². The molecule has 0 bridgehead atoms. The molecule has 1 aliphatic heterocycles. The maximum atomic E-state index is 11.2. The second-order valence-electron chi connectivity index (χ2n) is 7.13. The van der Waals surface area contributed by atoms with Crippen LogP contribution in [0.5, 0.6) is 11.5 Å². The van der Waals surface area contributed by atoms with Crippen molar-refractivity contribution in [3.8, 4) is 11.5 Å². The molecular weight excluding hydrogens is 382 g/mol. The van der Waals surface area contributed by atoms with Crippen molar-refractivity contribution in [3.63, 3.8) is 0 Å². The Kier molecular flexibility index (Phi) is 7.00. The number of carbonyl (C=O) groups is 1. The summed E-state index contributed by atoms with van der Waals surface area (Å²) in [4.78, 5) is 17.8. The lowest BCUT2D eigenvalue weighted by Gasteiger charge is -2.21. The molecule has 30 heavy (non-hydrogen) atoms. The highest BCUT2D eigenvalue weighted by atomic mass is 16.5. The second kappa shape index (κ2) is 9.87. The first-order valence-electron chi connectivity index (χ1n) is 9.86. The van der Waals surface area contributed by atoms with Gasteiger partial charge in [0.15, 0.2) is 5.96 Å². The van der Waals surface area contributed by atoms with Gasteiger partial charge in [0.05, 0.1) is 14.2 Å². The zero-order valence-corrected chi connectivity index (χ0v) is 17.6. The first-order chi connectivity index (χ1) is 14.5. The fourth-order valence-electron chi connectivity index (χ4n) is 3.45. The predicted molar refractivity (Wildman–Crippen MR) is 118 cm³/mol. The van der Waals surface area contributed by atoms with Gasteiger partial charge >= 0.3 is 0 Å². The molecule has 3 rings (SSSR count). The predicted octanol–water partition coefficient (Wildman–Crippen LogP) is 1.75. The average molecular weight is 412 g/mol. The number of methoxy groups -OCH3 is 2. The molecule has 0 aliphatic carbocycles. The van der Waals surface area contributed by atoms with Crippen molar-refractivity contribution in [2.45, 2.75) is 19.0 Å². The van der Waals surface area contributed by atoms with Crippen LogP contribution >= 0.6 is 0 Å². The highest BCUT2D eigenvalue weighted by molar-refractivity contribution is 5.92. The summed E-state index contributed by atoms with van der Waals surface area (Å²) in [6, 6.07) is 13.4. The molecule has 0 saturated carbocycles. The Morgan fingerprint density at radius 2 is 1.83 bits per heavy atom. The van der Waals surface area contributed by atoms with E-state index in [2.05, 4.69) is 20.5 Å². The summed E-state index contributed by atoms with van der Waals surface area (Å²) >= 11 is 0. The van der Waals surface area contributed by atoms with Crippen LogP contribution < -0.4 is 30.7 Å². The molecular formula is C22H29N5O3. The van der Waals surface area contributed by atoms with Crippen molar-refractivity contribution in [2.75, 3.05) is 39.3 Å². The van der Waals surface area contributed by atoms with Gasteiger partial charge in [-0.1, -0.05) is 12.1 Å². The lowest BCUT2D eigenvalue weighted by molar-refractivity contribution is 0.100. The summed E-state index contributed by atoms with van der Waals surface area (Å²) < 4.78 is 10.8. The van der Waals surface area contributed by atoms with Crippen molar-refractivity contribution in [1.29, 1.82) is 0 Å². The van der Waals surface area contributed by atoms with Gasteiger partial charge in [0.1, 0.15) is 11.5 Å². The highest BCUT2D eigenvalue weighted by Crippen LogP contribution is 2.30. The van der Waals surface area contributed by atoms with Crippen LogP contribution in [0.15, 0.2) is 47.5 Å². The molecule has 1 atom stereocenters. The van der Waals surface area contributed by atoms with Gasteiger partial charge in [0.2, 0.25) is 5.91 Å². The summed E-state index contributed by atoms with van der Waals surface area (Å²) in [5.41, 5.74) is 7.90. The van der Waals surface area contributed by atoms with Crippen LogP contribution in [0.25, 0.3) is 0 Å². The zero-order valence-electron chi connectivity index (χ0n) is 17.6. The van der Waals surface area contributed by atoms with Crippen LogP contribution in [0.4, 0.5) is 5.69 Å². The largest absolute Gasteiger partial charge is 0.497 e. The number of nitrogens with two attached hydrogens (primary N) is 1. The Morgan fingerprint density at radius 1 is 1.17 bits per heavy atom. The number of hydrogen-bond donors (Lipinski definition) is 3. The highest BCUT2D eigenvalue weighted by Gasteiger charge is 2.24. The molecule has 1 amide bonds. The minimum atomic E-state index is -0.425. The number of aliphatic imine (C=N–C) groups is 1. The maximum absolute atomic E-state index is 11.2. The van der Waals surface area contributed by atoms with E-state index in [1.54, 1.807) is 33.4 Å². The quantitative estimate of drug-likeness (QED) is 0.474. The molecule has 1 aliphatic rings. The van der Waals surface area contributed by atoms with Crippen LogP contribution in [0.3, 0.4) is 0 Å². The molecule has 1 fully saturated rings. The van der Waals surface area contributed by atoms with Gasteiger partial charge in [-0.3, -0.25) is 9.79 Å². The van der Waals surface area contributed by atoms with E-state index in [0.717, 1.165) is 48.2 Å². The minimum Gasteiger partial charge on any atom is -0.497 e. The summed E-state index contributed by atoms with van der Waals surface area (Å²) in [5.74, 6) is 1.87. The van der Waals surface area contributed by atoms with Crippen LogP contribution in [-0.4, -0.2) is 52.3 Å². The summed E-state index contributed by atoms with van der Waals surface area (Å²) in [7, 11) is 5.07. The number of carbonyl (C=O) groups excluding carboxylic acids is 1. The third-order valence-corrected chi connectivity index (χ3v) is 5.15. The molecule has 8 nitrogen and oxygen atoms in total. The van der Waals surface area contributed by atoms with Crippen LogP contribution in [0.2, 0.25) is 0 Å². The number of nitrogens with zero attached hydrogens (tertiary/aromatic N) is 2. The first kappa shape index (κ1) is 21.3. The van der Waals surface area contributed by atoms with Crippen LogP contribution in [0.1, 0.15) is 22.3 Å². The van der Waals surface area contributed by atoms with Crippen molar-refractivity contribution < 1.29 is 14.3 Å². The van der Waals surface area contributed by atoms with E-state index < -0.39 is 5.91 Å². The van der Waals surface area contributed by atoms with Gasteiger partial charge in [-0.2, -0.15) is 0 Å². The van der Waals surface area contributed by atoms with E-state index in [0.29, 0.717) is 12.1 Å². The Balaban J connectivity index is 1.55.